The lowest BCUT2D eigenvalue weighted by Crippen LogP contribution is -2.30. The number of rotatable bonds is 2. The van der Waals surface area contributed by atoms with Crippen molar-refractivity contribution in [3.05, 3.63) is 58.4 Å². The Hall–Kier alpha value is -1.82. The van der Waals surface area contributed by atoms with Gasteiger partial charge in [0.05, 0.1) is 11.6 Å². The topological polar surface area (TPSA) is 41.7 Å². The lowest BCUT2D eigenvalue weighted by molar-refractivity contribution is -0.139. The van der Waals surface area contributed by atoms with Gasteiger partial charge in [-0.1, -0.05) is 17.7 Å². The summed E-state index contributed by atoms with van der Waals surface area (Å²) in [5.41, 5.74) is -0.872. The van der Waals surface area contributed by atoms with Crippen molar-refractivity contribution in [1.29, 1.82) is 5.41 Å². The molecule has 2 aromatic rings. The van der Waals surface area contributed by atoms with E-state index in [9.17, 15) is 13.2 Å². The molecule has 0 radical (unpaired) electrons. The molecule has 0 aliphatic carbocycles. The van der Waals surface area contributed by atoms with Crippen LogP contribution in [0.4, 0.5) is 13.2 Å². The quantitative estimate of drug-likeness (QED) is 0.845. The second-order valence-corrected chi connectivity index (χ2v) is 4.65. The number of nitrogens with one attached hydrogen (secondary N) is 1. The molecular formula is C13H11ClF3N3. The maximum Gasteiger partial charge on any atom is 0.419 e. The van der Waals surface area contributed by atoms with E-state index in [1.807, 2.05) is 0 Å². The third kappa shape index (κ3) is 2.85. The first-order valence-electron chi connectivity index (χ1n) is 5.75. The van der Waals surface area contributed by atoms with Crippen LogP contribution in [-0.2, 0) is 6.18 Å². The van der Waals surface area contributed by atoms with Gasteiger partial charge in [0.25, 0.3) is 0 Å². The van der Waals surface area contributed by atoms with Crippen LogP contribution in [0.5, 0.6) is 0 Å². The van der Waals surface area contributed by atoms with Gasteiger partial charge in [0.2, 0.25) is 0 Å². The smallest absolute Gasteiger partial charge is 0.326 e. The molecule has 2 aromatic heterocycles. The van der Waals surface area contributed by atoms with E-state index in [4.69, 9.17) is 17.0 Å². The first-order valence-corrected chi connectivity index (χ1v) is 6.13. The van der Waals surface area contributed by atoms with Crippen molar-refractivity contribution in [1.82, 2.24) is 9.55 Å². The predicted molar refractivity (Wildman–Crippen MR) is 68.3 cm³/mol. The van der Waals surface area contributed by atoms with Gasteiger partial charge in [0.1, 0.15) is 10.6 Å². The molecule has 0 aliphatic rings. The summed E-state index contributed by atoms with van der Waals surface area (Å²) in [5, 5.41) is 8.03. The predicted octanol–water partition coefficient (Wildman–Crippen LogP) is 3.64. The van der Waals surface area contributed by atoms with E-state index < -0.39 is 23.3 Å². The Bertz CT molecular complexity index is 662. The molecule has 0 aromatic carbocycles. The normalized spacial score (nSPS) is 13.2. The molecule has 1 unspecified atom stereocenters. The number of pyridine rings is 2. The van der Waals surface area contributed by atoms with Crippen LogP contribution in [0, 0.1) is 5.41 Å². The van der Waals surface area contributed by atoms with Gasteiger partial charge >= 0.3 is 6.18 Å². The zero-order chi connectivity index (χ0) is 14.9. The summed E-state index contributed by atoms with van der Waals surface area (Å²) in [4.78, 5) is 3.90. The summed E-state index contributed by atoms with van der Waals surface area (Å²) >= 11 is 5.67. The number of halogens is 4. The average molecular weight is 302 g/mol. The van der Waals surface area contributed by atoms with E-state index in [0.717, 1.165) is 6.07 Å². The van der Waals surface area contributed by atoms with Crippen molar-refractivity contribution in [2.75, 3.05) is 0 Å². The van der Waals surface area contributed by atoms with Gasteiger partial charge in [-0.05, 0) is 30.7 Å². The summed E-state index contributed by atoms with van der Waals surface area (Å²) in [6.45, 7) is 1.70. The highest BCUT2D eigenvalue weighted by Gasteiger charge is 2.33. The molecule has 2 rings (SSSR count). The highest BCUT2D eigenvalue weighted by molar-refractivity contribution is 6.29. The number of hydrogen-bond acceptors (Lipinski definition) is 2. The van der Waals surface area contributed by atoms with Crippen molar-refractivity contribution < 1.29 is 13.2 Å². The molecule has 0 amide bonds. The minimum absolute atomic E-state index is 0.307. The largest absolute Gasteiger partial charge is 0.419 e. The summed E-state index contributed by atoms with van der Waals surface area (Å²) in [5.74, 6) is 0. The molecule has 20 heavy (non-hydrogen) atoms. The lowest BCUT2D eigenvalue weighted by atomic mass is 10.1. The Morgan fingerprint density at radius 2 is 2.00 bits per heavy atom. The summed E-state index contributed by atoms with van der Waals surface area (Å²) < 4.78 is 39.6. The Balaban J connectivity index is 2.48. The van der Waals surface area contributed by atoms with E-state index in [0.29, 0.717) is 10.7 Å². The minimum atomic E-state index is -4.54. The molecule has 1 N–H and O–H groups in total. The highest BCUT2D eigenvalue weighted by Crippen LogP contribution is 2.27. The second kappa shape index (κ2) is 5.28. The van der Waals surface area contributed by atoms with Gasteiger partial charge < -0.3 is 4.57 Å². The first-order chi connectivity index (χ1) is 9.30. The Morgan fingerprint density at radius 1 is 1.30 bits per heavy atom. The maximum absolute atomic E-state index is 12.8. The van der Waals surface area contributed by atoms with Crippen LogP contribution >= 0.6 is 11.6 Å². The minimum Gasteiger partial charge on any atom is -0.326 e. The Morgan fingerprint density at radius 3 is 2.55 bits per heavy atom. The SMILES string of the molecule is CC(c1ccc(Cl)nc1)n1cccc(C(F)(F)F)c1=N. The van der Waals surface area contributed by atoms with E-state index in [2.05, 4.69) is 4.98 Å². The zero-order valence-electron chi connectivity index (χ0n) is 10.4. The highest BCUT2D eigenvalue weighted by atomic mass is 35.5. The summed E-state index contributed by atoms with van der Waals surface area (Å²) in [6.07, 6.45) is -1.62. The fourth-order valence-electron chi connectivity index (χ4n) is 1.87. The molecule has 0 aliphatic heterocycles. The average Bonchev–Trinajstić information content (AvgIpc) is 2.37. The Labute approximate surface area is 118 Å². The van der Waals surface area contributed by atoms with E-state index >= 15 is 0 Å². The van der Waals surface area contributed by atoms with Crippen LogP contribution in [-0.4, -0.2) is 9.55 Å². The van der Waals surface area contributed by atoms with Gasteiger partial charge in [-0.2, -0.15) is 13.2 Å². The Kier molecular flexibility index (Phi) is 3.85. The monoisotopic (exact) mass is 301 g/mol. The van der Waals surface area contributed by atoms with E-state index in [1.165, 1.54) is 23.0 Å². The van der Waals surface area contributed by atoms with Gasteiger partial charge in [-0.25, -0.2) is 4.98 Å². The van der Waals surface area contributed by atoms with Gasteiger partial charge in [0, 0.05) is 12.4 Å². The number of aromatic nitrogens is 2. The van der Waals surface area contributed by atoms with Crippen LogP contribution in [0.2, 0.25) is 5.15 Å². The summed E-state index contributed by atoms with van der Waals surface area (Å²) in [6, 6.07) is 4.96. The number of alkyl halides is 3. The van der Waals surface area contributed by atoms with Crippen LogP contribution in [0.3, 0.4) is 0 Å². The third-order valence-electron chi connectivity index (χ3n) is 2.98. The molecule has 7 heteroatoms. The van der Waals surface area contributed by atoms with E-state index in [-0.39, 0.29) is 0 Å². The van der Waals surface area contributed by atoms with Crippen molar-refractivity contribution in [3.63, 3.8) is 0 Å². The fourth-order valence-corrected chi connectivity index (χ4v) is 1.98. The molecule has 0 fully saturated rings. The van der Waals surface area contributed by atoms with Crippen LogP contribution < -0.4 is 5.49 Å². The van der Waals surface area contributed by atoms with Crippen LogP contribution in [0.25, 0.3) is 0 Å². The molecule has 0 bridgehead atoms. The molecule has 3 nitrogen and oxygen atoms in total. The first kappa shape index (κ1) is 14.6. The molecule has 0 saturated carbocycles. The second-order valence-electron chi connectivity index (χ2n) is 4.27. The molecule has 106 valence electrons. The lowest BCUT2D eigenvalue weighted by Gasteiger charge is -2.18. The third-order valence-corrected chi connectivity index (χ3v) is 3.20. The van der Waals surface area contributed by atoms with Gasteiger partial charge in [0.15, 0.2) is 0 Å². The van der Waals surface area contributed by atoms with Crippen LogP contribution in [0.1, 0.15) is 24.1 Å². The van der Waals surface area contributed by atoms with Crippen molar-refractivity contribution in [2.45, 2.75) is 19.1 Å². The van der Waals surface area contributed by atoms with E-state index in [1.54, 1.807) is 19.1 Å². The molecule has 1 atom stereocenters. The molecule has 2 heterocycles. The molecular weight excluding hydrogens is 291 g/mol. The van der Waals surface area contributed by atoms with Gasteiger partial charge in [-0.15, -0.1) is 0 Å². The number of hydrogen-bond donors (Lipinski definition) is 1. The molecule has 0 saturated heterocycles. The van der Waals surface area contributed by atoms with Crippen LogP contribution in [0.15, 0.2) is 36.7 Å². The van der Waals surface area contributed by atoms with Crippen molar-refractivity contribution in [2.24, 2.45) is 0 Å². The standard InChI is InChI=1S/C13H11ClF3N3/c1-8(9-4-5-11(14)19-7-9)20-6-2-3-10(12(20)18)13(15,16)17/h2-8,18H,1H3. The summed E-state index contributed by atoms with van der Waals surface area (Å²) in [7, 11) is 0. The van der Waals surface area contributed by atoms with Crippen molar-refractivity contribution >= 4 is 11.6 Å². The number of nitrogens with zero attached hydrogens (tertiary/aromatic N) is 2. The molecule has 0 spiro atoms. The van der Waals surface area contributed by atoms with Crippen molar-refractivity contribution in [3.8, 4) is 0 Å². The van der Waals surface area contributed by atoms with Gasteiger partial charge in [-0.3, -0.25) is 5.41 Å². The fraction of sp³-hybridized carbons (Fsp3) is 0.231. The maximum atomic E-state index is 12.8. The zero-order valence-corrected chi connectivity index (χ0v) is 11.2.